The van der Waals surface area contributed by atoms with E-state index in [0.717, 1.165) is 17.4 Å². The number of halogens is 1. The number of rotatable bonds is 1. The van der Waals surface area contributed by atoms with Crippen LogP contribution in [0.4, 0.5) is 10.1 Å². The lowest BCUT2D eigenvalue weighted by Crippen LogP contribution is -2.44. The molecule has 132 valence electrons. The van der Waals surface area contributed by atoms with E-state index in [1.54, 1.807) is 36.3 Å². The van der Waals surface area contributed by atoms with Gasteiger partial charge in [-0.15, -0.1) is 0 Å². The third-order valence-electron chi connectivity index (χ3n) is 4.99. The average Bonchev–Trinajstić information content (AvgIpc) is 2.64. The number of hydrogen-bond donors (Lipinski definition) is 0. The highest BCUT2D eigenvalue weighted by Crippen LogP contribution is 2.32. The van der Waals surface area contributed by atoms with Crippen LogP contribution >= 0.6 is 0 Å². The summed E-state index contributed by atoms with van der Waals surface area (Å²) in [6.07, 6.45) is 3.04. The first kappa shape index (κ1) is 16.4. The summed E-state index contributed by atoms with van der Waals surface area (Å²) in [5.74, 6) is -0.685. The molecule has 0 saturated carbocycles. The van der Waals surface area contributed by atoms with Crippen LogP contribution in [-0.2, 0) is 13.5 Å². The van der Waals surface area contributed by atoms with Crippen LogP contribution in [0, 0.1) is 5.82 Å². The SMILES string of the molecule is C[C@H]1CCc2cc(F)ccc2N1C(=O)c1cc2cccnc2n(C)c1=O. The van der Waals surface area contributed by atoms with Crippen LogP contribution in [-0.4, -0.2) is 21.5 Å². The van der Waals surface area contributed by atoms with Gasteiger partial charge in [-0.1, -0.05) is 0 Å². The number of carbonyl (C=O) groups is 1. The molecule has 0 spiro atoms. The largest absolute Gasteiger partial charge is 0.305 e. The molecule has 3 aromatic rings. The standard InChI is InChI=1S/C20H18FN3O2/c1-12-5-6-13-10-15(21)7-8-17(13)24(12)20(26)16-11-14-4-3-9-22-18(14)23(2)19(16)25/h3-4,7-12H,5-6H2,1-2H3/t12-/m0/s1. The van der Waals surface area contributed by atoms with E-state index in [9.17, 15) is 14.0 Å². The number of amides is 1. The number of aryl methyl sites for hydroxylation is 2. The number of pyridine rings is 2. The summed E-state index contributed by atoms with van der Waals surface area (Å²) in [4.78, 5) is 31.8. The number of benzene rings is 1. The van der Waals surface area contributed by atoms with Gasteiger partial charge in [0, 0.05) is 30.4 Å². The van der Waals surface area contributed by atoms with E-state index in [0.29, 0.717) is 17.8 Å². The summed E-state index contributed by atoms with van der Waals surface area (Å²) in [7, 11) is 1.61. The van der Waals surface area contributed by atoms with Gasteiger partial charge in [-0.3, -0.25) is 14.2 Å². The summed E-state index contributed by atoms with van der Waals surface area (Å²) in [6, 6.07) is 9.53. The van der Waals surface area contributed by atoms with Gasteiger partial charge in [-0.05, 0) is 61.7 Å². The van der Waals surface area contributed by atoms with Gasteiger partial charge in [0.2, 0.25) is 0 Å². The lowest BCUT2D eigenvalue weighted by molar-refractivity contribution is 0.0973. The first-order valence-corrected chi connectivity index (χ1v) is 8.54. The highest BCUT2D eigenvalue weighted by molar-refractivity contribution is 6.08. The van der Waals surface area contributed by atoms with E-state index in [-0.39, 0.29) is 28.9 Å². The first-order valence-electron chi connectivity index (χ1n) is 8.54. The molecule has 0 fully saturated rings. The van der Waals surface area contributed by atoms with Crippen LogP contribution in [0.15, 0.2) is 47.4 Å². The molecule has 3 heterocycles. The maximum atomic E-state index is 13.6. The van der Waals surface area contributed by atoms with Crippen LogP contribution in [0.5, 0.6) is 0 Å². The molecule has 6 heteroatoms. The van der Waals surface area contributed by atoms with Gasteiger partial charge in [-0.2, -0.15) is 0 Å². The zero-order valence-corrected chi connectivity index (χ0v) is 14.6. The maximum absolute atomic E-state index is 13.6. The minimum atomic E-state index is -0.386. The van der Waals surface area contributed by atoms with Crippen molar-refractivity contribution in [2.24, 2.45) is 7.05 Å². The molecule has 0 unspecified atom stereocenters. The number of carbonyl (C=O) groups excluding carboxylic acids is 1. The van der Waals surface area contributed by atoms with E-state index < -0.39 is 0 Å². The second kappa shape index (κ2) is 6.05. The number of hydrogen-bond acceptors (Lipinski definition) is 3. The van der Waals surface area contributed by atoms with Gasteiger partial charge >= 0.3 is 0 Å². The fraction of sp³-hybridized carbons (Fsp3) is 0.250. The van der Waals surface area contributed by atoms with Crippen molar-refractivity contribution in [3.8, 4) is 0 Å². The monoisotopic (exact) mass is 351 g/mol. The molecule has 0 radical (unpaired) electrons. The van der Waals surface area contributed by atoms with Gasteiger partial charge < -0.3 is 4.90 Å². The Morgan fingerprint density at radius 2 is 2.08 bits per heavy atom. The quantitative estimate of drug-likeness (QED) is 0.677. The molecule has 0 bridgehead atoms. The van der Waals surface area contributed by atoms with Crippen molar-refractivity contribution in [3.05, 3.63) is 69.9 Å². The van der Waals surface area contributed by atoms with E-state index in [1.165, 1.54) is 16.7 Å². The number of aromatic nitrogens is 2. The van der Waals surface area contributed by atoms with Crippen molar-refractivity contribution in [1.29, 1.82) is 0 Å². The molecule has 1 aliphatic rings. The Morgan fingerprint density at radius 3 is 2.88 bits per heavy atom. The topological polar surface area (TPSA) is 55.2 Å². The van der Waals surface area contributed by atoms with Gasteiger partial charge in [-0.25, -0.2) is 9.37 Å². The predicted molar refractivity (Wildman–Crippen MR) is 98.0 cm³/mol. The van der Waals surface area contributed by atoms with Crippen LogP contribution in [0.25, 0.3) is 11.0 Å². The Kier molecular flexibility index (Phi) is 3.83. The Morgan fingerprint density at radius 1 is 1.27 bits per heavy atom. The Hall–Kier alpha value is -3.02. The summed E-state index contributed by atoms with van der Waals surface area (Å²) < 4.78 is 15.0. The van der Waals surface area contributed by atoms with E-state index in [1.807, 2.05) is 13.0 Å². The van der Waals surface area contributed by atoms with E-state index in [4.69, 9.17) is 0 Å². The molecule has 26 heavy (non-hydrogen) atoms. The van der Waals surface area contributed by atoms with Crippen LogP contribution in [0.2, 0.25) is 0 Å². The Labute approximate surface area is 149 Å². The molecule has 0 aliphatic carbocycles. The lowest BCUT2D eigenvalue weighted by atomic mass is 9.95. The molecule has 1 atom stereocenters. The second-order valence-electron chi connectivity index (χ2n) is 6.67. The third kappa shape index (κ3) is 2.49. The van der Waals surface area contributed by atoms with E-state index in [2.05, 4.69) is 4.98 Å². The number of anilines is 1. The Bertz CT molecular complexity index is 1090. The molecule has 1 aliphatic heterocycles. The summed E-state index contributed by atoms with van der Waals surface area (Å²) in [5, 5.41) is 0.724. The number of fused-ring (bicyclic) bond motifs is 2. The minimum Gasteiger partial charge on any atom is -0.305 e. The molecule has 0 N–H and O–H groups in total. The summed E-state index contributed by atoms with van der Waals surface area (Å²) >= 11 is 0. The molecule has 4 rings (SSSR count). The van der Waals surface area contributed by atoms with Gasteiger partial charge in [0.25, 0.3) is 11.5 Å². The van der Waals surface area contributed by atoms with Gasteiger partial charge in [0.05, 0.1) is 0 Å². The molecule has 1 aromatic carbocycles. The van der Waals surface area contributed by atoms with Gasteiger partial charge in [0.15, 0.2) is 0 Å². The highest BCUT2D eigenvalue weighted by Gasteiger charge is 2.31. The maximum Gasteiger partial charge on any atom is 0.264 e. The summed E-state index contributed by atoms with van der Waals surface area (Å²) in [5.41, 5.74) is 1.70. The molecule has 2 aromatic heterocycles. The minimum absolute atomic E-state index is 0.0743. The summed E-state index contributed by atoms with van der Waals surface area (Å²) in [6.45, 7) is 1.94. The molecule has 1 amide bonds. The number of nitrogens with zero attached hydrogens (tertiary/aromatic N) is 3. The van der Waals surface area contributed by atoms with Crippen molar-refractivity contribution in [2.75, 3.05) is 4.90 Å². The van der Waals surface area contributed by atoms with Crippen molar-refractivity contribution in [3.63, 3.8) is 0 Å². The fourth-order valence-electron chi connectivity index (χ4n) is 3.61. The smallest absolute Gasteiger partial charge is 0.264 e. The third-order valence-corrected chi connectivity index (χ3v) is 4.99. The van der Waals surface area contributed by atoms with Crippen molar-refractivity contribution < 1.29 is 9.18 Å². The van der Waals surface area contributed by atoms with Crippen molar-refractivity contribution >= 4 is 22.6 Å². The normalized spacial score (nSPS) is 16.6. The molecular formula is C20H18FN3O2. The Balaban J connectivity index is 1.88. The highest BCUT2D eigenvalue weighted by atomic mass is 19.1. The van der Waals surface area contributed by atoms with E-state index >= 15 is 0 Å². The van der Waals surface area contributed by atoms with Gasteiger partial charge in [0.1, 0.15) is 17.0 Å². The van der Waals surface area contributed by atoms with Crippen molar-refractivity contribution in [1.82, 2.24) is 9.55 Å². The van der Waals surface area contributed by atoms with Crippen LogP contribution in [0.1, 0.15) is 29.3 Å². The predicted octanol–water partition coefficient (Wildman–Crippen LogP) is 3.05. The van der Waals surface area contributed by atoms with Crippen LogP contribution in [0.3, 0.4) is 0 Å². The zero-order chi connectivity index (χ0) is 18.4. The van der Waals surface area contributed by atoms with Crippen LogP contribution < -0.4 is 10.5 Å². The fourth-order valence-corrected chi connectivity index (χ4v) is 3.61. The molecule has 0 saturated heterocycles. The first-order chi connectivity index (χ1) is 12.5. The molecular weight excluding hydrogens is 333 g/mol. The zero-order valence-electron chi connectivity index (χ0n) is 14.6. The molecule has 5 nitrogen and oxygen atoms in total. The lowest BCUT2D eigenvalue weighted by Gasteiger charge is -2.35. The van der Waals surface area contributed by atoms with Crippen molar-refractivity contribution in [2.45, 2.75) is 25.8 Å². The average molecular weight is 351 g/mol. The second-order valence-corrected chi connectivity index (χ2v) is 6.67.